The summed E-state index contributed by atoms with van der Waals surface area (Å²) in [5, 5.41) is 7.75. The van der Waals surface area contributed by atoms with E-state index in [-0.39, 0.29) is 5.84 Å². The number of halogens is 1. The van der Waals surface area contributed by atoms with Crippen LogP contribution in [-0.4, -0.2) is 42.0 Å². The lowest BCUT2D eigenvalue weighted by Gasteiger charge is -2.32. The van der Waals surface area contributed by atoms with E-state index in [0.717, 1.165) is 13.0 Å². The first-order valence-corrected chi connectivity index (χ1v) is 6.79. The SMILES string of the molecule is CN1CCCCC1COc1nccc(C(=N)N)c1Cl. The fourth-order valence-corrected chi connectivity index (χ4v) is 2.53. The van der Waals surface area contributed by atoms with Crippen LogP contribution in [0.5, 0.6) is 5.88 Å². The third kappa shape index (κ3) is 3.36. The molecule has 0 aromatic carbocycles. The van der Waals surface area contributed by atoms with Crippen molar-refractivity contribution in [2.75, 3.05) is 20.2 Å². The monoisotopic (exact) mass is 282 g/mol. The lowest BCUT2D eigenvalue weighted by molar-refractivity contribution is 0.122. The van der Waals surface area contributed by atoms with Crippen molar-refractivity contribution >= 4 is 17.4 Å². The zero-order valence-electron chi connectivity index (χ0n) is 11.0. The molecule has 0 aliphatic carbocycles. The highest BCUT2D eigenvalue weighted by molar-refractivity contribution is 6.35. The number of likely N-dealkylation sites (tertiary alicyclic amines) is 1. The van der Waals surface area contributed by atoms with Gasteiger partial charge >= 0.3 is 0 Å². The van der Waals surface area contributed by atoms with Crippen molar-refractivity contribution in [3.05, 3.63) is 22.8 Å². The normalized spacial score (nSPS) is 20.2. The predicted octanol–water partition coefficient (Wildman–Crippen LogP) is 1.88. The van der Waals surface area contributed by atoms with Gasteiger partial charge in [0.05, 0.1) is 0 Å². The fourth-order valence-electron chi connectivity index (χ4n) is 2.26. The number of nitrogen functional groups attached to an aromatic ring is 1. The molecular formula is C13H19ClN4O. The van der Waals surface area contributed by atoms with Gasteiger partial charge in [0.25, 0.3) is 0 Å². The molecule has 1 saturated heterocycles. The van der Waals surface area contributed by atoms with Gasteiger partial charge in [0, 0.05) is 17.8 Å². The molecule has 0 bridgehead atoms. The molecule has 1 unspecified atom stereocenters. The van der Waals surface area contributed by atoms with E-state index in [1.165, 1.54) is 12.8 Å². The number of nitrogens with two attached hydrogens (primary N) is 1. The summed E-state index contributed by atoms with van der Waals surface area (Å²) in [4.78, 5) is 6.40. The molecule has 1 aliphatic heterocycles. The Hall–Kier alpha value is -1.33. The van der Waals surface area contributed by atoms with Crippen LogP contribution in [0.25, 0.3) is 0 Å². The number of hydrogen-bond acceptors (Lipinski definition) is 4. The average molecular weight is 283 g/mol. The molecule has 1 fully saturated rings. The van der Waals surface area contributed by atoms with Crippen LogP contribution >= 0.6 is 11.6 Å². The van der Waals surface area contributed by atoms with E-state index in [1.807, 2.05) is 0 Å². The Morgan fingerprint density at radius 2 is 2.42 bits per heavy atom. The largest absolute Gasteiger partial charge is 0.475 e. The second-order valence-corrected chi connectivity index (χ2v) is 5.21. The van der Waals surface area contributed by atoms with Gasteiger partial charge in [-0.1, -0.05) is 18.0 Å². The summed E-state index contributed by atoms with van der Waals surface area (Å²) in [6.45, 7) is 1.66. The second kappa shape index (κ2) is 6.21. The summed E-state index contributed by atoms with van der Waals surface area (Å²) in [5.74, 6) is 0.278. The minimum atomic E-state index is -0.0768. The molecule has 3 N–H and O–H groups in total. The van der Waals surface area contributed by atoms with E-state index >= 15 is 0 Å². The summed E-state index contributed by atoms with van der Waals surface area (Å²) >= 11 is 6.14. The number of likely N-dealkylation sites (N-methyl/N-ethyl adjacent to an activating group) is 1. The maximum Gasteiger partial charge on any atom is 0.233 e. The van der Waals surface area contributed by atoms with Gasteiger partial charge in [-0.2, -0.15) is 0 Å². The van der Waals surface area contributed by atoms with E-state index in [2.05, 4.69) is 16.9 Å². The van der Waals surface area contributed by atoms with Gasteiger partial charge in [-0.25, -0.2) is 4.98 Å². The average Bonchev–Trinajstić information content (AvgIpc) is 2.39. The van der Waals surface area contributed by atoms with Crippen molar-refractivity contribution < 1.29 is 4.74 Å². The van der Waals surface area contributed by atoms with Gasteiger partial charge in [0.15, 0.2) is 0 Å². The number of rotatable bonds is 4. The molecule has 1 aromatic heterocycles. The third-order valence-electron chi connectivity index (χ3n) is 3.48. The smallest absolute Gasteiger partial charge is 0.233 e. The molecular weight excluding hydrogens is 264 g/mol. The quantitative estimate of drug-likeness (QED) is 0.653. The number of nitrogens with one attached hydrogen (secondary N) is 1. The van der Waals surface area contributed by atoms with Crippen molar-refractivity contribution in [1.29, 1.82) is 5.41 Å². The number of amidine groups is 1. The number of nitrogens with zero attached hydrogens (tertiary/aromatic N) is 2. The zero-order chi connectivity index (χ0) is 13.8. The van der Waals surface area contributed by atoms with Crippen LogP contribution in [0.15, 0.2) is 12.3 Å². The standard InChI is InChI=1S/C13H19ClN4O/c1-18-7-3-2-4-9(18)8-19-13-11(14)10(12(15)16)5-6-17-13/h5-6,9H,2-4,7-8H2,1H3,(H3,15,16). The lowest BCUT2D eigenvalue weighted by Crippen LogP contribution is -2.40. The van der Waals surface area contributed by atoms with Crippen molar-refractivity contribution in [2.45, 2.75) is 25.3 Å². The summed E-state index contributed by atoms with van der Waals surface area (Å²) in [6, 6.07) is 2.01. The molecule has 0 radical (unpaired) electrons. The summed E-state index contributed by atoms with van der Waals surface area (Å²) < 4.78 is 5.70. The lowest BCUT2D eigenvalue weighted by atomic mass is 10.0. The number of ether oxygens (including phenoxy) is 1. The first-order valence-electron chi connectivity index (χ1n) is 6.41. The number of hydrogen-bond donors (Lipinski definition) is 2. The highest BCUT2D eigenvalue weighted by Gasteiger charge is 2.20. The predicted molar refractivity (Wildman–Crippen MR) is 76.0 cm³/mol. The van der Waals surface area contributed by atoms with Crippen LogP contribution in [0.4, 0.5) is 0 Å². The van der Waals surface area contributed by atoms with Gasteiger partial charge in [0.1, 0.15) is 17.5 Å². The number of aromatic nitrogens is 1. The molecule has 6 heteroatoms. The Kier molecular flexibility index (Phi) is 4.61. The van der Waals surface area contributed by atoms with Gasteiger partial charge in [-0.15, -0.1) is 0 Å². The Morgan fingerprint density at radius 3 is 3.11 bits per heavy atom. The molecule has 5 nitrogen and oxygen atoms in total. The molecule has 0 amide bonds. The van der Waals surface area contributed by atoms with Crippen molar-refractivity contribution in [2.24, 2.45) is 5.73 Å². The van der Waals surface area contributed by atoms with Crippen molar-refractivity contribution in [3.63, 3.8) is 0 Å². The van der Waals surface area contributed by atoms with E-state index < -0.39 is 0 Å². The molecule has 1 atom stereocenters. The zero-order valence-corrected chi connectivity index (χ0v) is 11.8. The van der Waals surface area contributed by atoms with E-state index in [0.29, 0.717) is 29.1 Å². The molecule has 19 heavy (non-hydrogen) atoms. The maximum atomic E-state index is 7.43. The van der Waals surface area contributed by atoms with Crippen LogP contribution in [0.2, 0.25) is 5.02 Å². The van der Waals surface area contributed by atoms with Crippen LogP contribution < -0.4 is 10.5 Å². The Bertz CT molecular complexity index is 466. The molecule has 2 heterocycles. The maximum absolute atomic E-state index is 7.43. The van der Waals surface area contributed by atoms with E-state index in [4.69, 9.17) is 27.5 Å². The molecule has 0 saturated carbocycles. The Balaban J connectivity index is 2.03. The van der Waals surface area contributed by atoms with Crippen molar-refractivity contribution in [3.8, 4) is 5.88 Å². The minimum Gasteiger partial charge on any atom is -0.475 e. The van der Waals surface area contributed by atoms with Crippen LogP contribution in [0, 0.1) is 5.41 Å². The molecule has 2 rings (SSSR count). The summed E-state index contributed by atoms with van der Waals surface area (Å²) in [6.07, 6.45) is 5.15. The Labute approximate surface area is 118 Å². The van der Waals surface area contributed by atoms with Gasteiger partial charge in [0.2, 0.25) is 5.88 Å². The Morgan fingerprint density at radius 1 is 1.63 bits per heavy atom. The topological polar surface area (TPSA) is 75.2 Å². The van der Waals surface area contributed by atoms with E-state index in [9.17, 15) is 0 Å². The van der Waals surface area contributed by atoms with Gasteiger partial charge < -0.3 is 15.4 Å². The van der Waals surface area contributed by atoms with Crippen LogP contribution in [0.3, 0.4) is 0 Å². The summed E-state index contributed by atoms with van der Waals surface area (Å²) in [7, 11) is 2.11. The van der Waals surface area contributed by atoms with E-state index in [1.54, 1.807) is 12.3 Å². The van der Waals surface area contributed by atoms with Gasteiger partial charge in [-0.3, -0.25) is 5.41 Å². The molecule has 1 aliphatic rings. The highest BCUT2D eigenvalue weighted by atomic mass is 35.5. The first kappa shape index (κ1) is 14.1. The van der Waals surface area contributed by atoms with Gasteiger partial charge in [-0.05, 0) is 32.5 Å². The van der Waals surface area contributed by atoms with Crippen LogP contribution in [-0.2, 0) is 0 Å². The van der Waals surface area contributed by atoms with Crippen LogP contribution in [0.1, 0.15) is 24.8 Å². The minimum absolute atomic E-state index is 0.0768. The third-order valence-corrected chi connectivity index (χ3v) is 3.85. The second-order valence-electron chi connectivity index (χ2n) is 4.83. The summed E-state index contributed by atoms with van der Waals surface area (Å²) in [5.41, 5.74) is 5.91. The highest BCUT2D eigenvalue weighted by Crippen LogP contribution is 2.26. The number of pyridine rings is 1. The molecule has 104 valence electrons. The molecule has 1 aromatic rings. The number of piperidine rings is 1. The van der Waals surface area contributed by atoms with Crippen molar-refractivity contribution in [1.82, 2.24) is 9.88 Å². The first-order chi connectivity index (χ1) is 9.09. The molecule has 0 spiro atoms. The fraction of sp³-hybridized carbons (Fsp3) is 0.538.